The molecule has 4 aliphatic rings. The van der Waals surface area contributed by atoms with Crippen LogP contribution in [0.1, 0.15) is 82.3 Å². The molecule has 2 saturated carbocycles. The van der Waals surface area contributed by atoms with Crippen molar-refractivity contribution in [2.45, 2.75) is 82.7 Å². The summed E-state index contributed by atoms with van der Waals surface area (Å²) in [5.41, 5.74) is -0.677. The van der Waals surface area contributed by atoms with Crippen LogP contribution in [-0.2, 0) is 19.7 Å². The number of benzene rings is 1. The molecule has 1 aromatic heterocycles. The molecule has 2 aliphatic heterocycles. The van der Waals surface area contributed by atoms with Gasteiger partial charge < -0.3 is 15.2 Å². The molecule has 6 nitrogen and oxygen atoms in total. The summed E-state index contributed by atoms with van der Waals surface area (Å²) in [6.07, 6.45) is 5.30. The second kappa shape index (κ2) is 10.6. The number of aromatic nitrogens is 1. The van der Waals surface area contributed by atoms with Gasteiger partial charge in [-0.2, -0.15) is 0 Å². The number of nitrogens with zero attached hydrogens (tertiary/aromatic N) is 1. The maximum absolute atomic E-state index is 16.1. The van der Waals surface area contributed by atoms with Gasteiger partial charge in [0.1, 0.15) is 22.6 Å². The van der Waals surface area contributed by atoms with Crippen LogP contribution < -0.4 is 5.32 Å². The number of aliphatic hydroxyl groups is 1. The minimum atomic E-state index is -1.20. The molecule has 0 radical (unpaired) electrons. The number of hydrogen-bond acceptors (Lipinski definition) is 5. The summed E-state index contributed by atoms with van der Waals surface area (Å²) in [7, 11) is 0. The Hall–Kier alpha value is -2.06. The fourth-order valence-corrected chi connectivity index (χ4v) is 8.79. The summed E-state index contributed by atoms with van der Waals surface area (Å²) < 4.78 is 21.8. The lowest BCUT2D eigenvalue weighted by molar-refractivity contribution is -0.127. The van der Waals surface area contributed by atoms with E-state index in [-0.39, 0.29) is 52.3 Å². The zero-order chi connectivity index (χ0) is 29.2. The molecule has 0 unspecified atom stereocenters. The van der Waals surface area contributed by atoms with Crippen molar-refractivity contribution in [2.24, 2.45) is 22.7 Å². The number of carbonyl (C=O) groups excluding carboxylic acids is 2. The molecule has 2 aliphatic carbocycles. The maximum Gasteiger partial charge on any atom is 0.237 e. The first-order chi connectivity index (χ1) is 19.5. The van der Waals surface area contributed by atoms with Gasteiger partial charge in [0.25, 0.3) is 0 Å². The van der Waals surface area contributed by atoms with Gasteiger partial charge in [-0.25, -0.2) is 9.37 Å². The Morgan fingerprint density at radius 3 is 2.59 bits per heavy atom. The number of amides is 1. The van der Waals surface area contributed by atoms with Crippen LogP contribution in [0.15, 0.2) is 30.3 Å². The monoisotopic (exact) mass is 602 g/mol. The molecule has 41 heavy (non-hydrogen) atoms. The van der Waals surface area contributed by atoms with Gasteiger partial charge in [-0.15, -0.1) is 0 Å². The number of anilines is 1. The number of Topliss-reactive ketones (excluding diaryl/α,β-unsaturated/α-hetero) is 1. The minimum Gasteiger partial charge on any atom is -0.394 e. The van der Waals surface area contributed by atoms with E-state index < -0.39 is 28.5 Å². The molecule has 2 N–H and O–H groups in total. The second-order valence-corrected chi connectivity index (χ2v) is 14.2. The van der Waals surface area contributed by atoms with E-state index in [9.17, 15) is 14.7 Å². The largest absolute Gasteiger partial charge is 0.394 e. The van der Waals surface area contributed by atoms with Gasteiger partial charge in [0, 0.05) is 23.8 Å². The van der Waals surface area contributed by atoms with Crippen molar-refractivity contribution in [3.63, 3.8) is 0 Å². The molecule has 220 valence electrons. The van der Waals surface area contributed by atoms with Crippen LogP contribution in [0.5, 0.6) is 0 Å². The first kappa shape index (κ1) is 29.0. The third-order valence-corrected chi connectivity index (χ3v) is 11.1. The Labute approximate surface area is 250 Å². The highest BCUT2D eigenvalue weighted by Gasteiger charge is 2.72. The lowest BCUT2D eigenvalue weighted by Gasteiger charge is -2.50. The Kier molecular flexibility index (Phi) is 7.49. The van der Waals surface area contributed by atoms with Gasteiger partial charge in [-0.1, -0.05) is 55.2 Å². The first-order valence-corrected chi connectivity index (χ1v) is 15.4. The molecular weight excluding hydrogens is 566 g/mol. The summed E-state index contributed by atoms with van der Waals surface area (Å²) in [5, 5.41) is 12.7. The van der Waals surface area contributed by atoms with Crippen molar-refractivity contribution in [3.8, 4) is 0 Å². The first-order valence-electron chi connectivity index (χ1n) is 14.7. The predicted octanol–water partition coefficient (Wildman–Crippen LogP) is 6.85. The van der Waals surface area contributed by atoms with Gasteiger partial charge in [-0.3, -0.25) is 9.59 Å². The van der Waals surface area contributed by atoms with Crippen molar-refractivity contribution in [1.29, 1.82) is 0 Å². The predicted molar refractivity (Wildman–Crippen MR) is 156 cm³/mol. The number of aliphatic hydroxyl groups excluding tert-OH is 1. The van der Waals surface area contributed by atoms with Crippen molar-refractivity contribution < 1.29 is 23.8 Å². The van der Waals surface area contributed by atoms with Crippen molar-refractivity contribution in [1.82, 2.24) is 4.98 Å². The average molecular weight is 604 g/mol. The van der Waals surface area contributed by atoms with Gasteiger partial charge in [-0.05, 0) is 79.4 Å². The van der Waals surface area contributed by atoms with E-state index in [1.165, 1.54) is 6.07 Å². The van der Waals surface area contributed by atoms with Crippen LogP contribution in [0.2, 0.25) is 10.2 Å². The summed E-state index contributed by atoms with van der Waals surface area (Å²) >= 11 is 12.6. The molecule has 2 aromatic rings. The highest BCUT2D eigenvalue weighted by molar-refractivity contribution is 6.31. The highest BCUT2D eigenvalue weighted by Crippen LogP contribution is 2.72. The molecule has 9 heteroatoms. The number of rotatable bonds is 5. The standard InChI is InChI=1S/C32H37Cl2FN2O4/c1-30(2)10-12-31(13-11-30)15-21(24(39)14-18-6-7-19(16-38)41-17-18)26(20-4-3-5-23(33)27(20)35)32(31)22-8-9-25(34)36-28(22)37-29(32)40/h3-5,8-9,18-19,21,26,38H,6-7,10-17H2,1-2H3,(H,36,37,40)/t18-,19-,21-,26-,32+/m0/s1. The van der Waals surface area contributed by atoms with Crippen LogP contribution in [0, 0.1) is 28.5 Å². The third-order valence-electron chi connectivity index (χ3n) is 10.6. The summed E-state index contributed by atoms with van der Waals surface area (Å²) in [4.78, 5) is 33.4. The fraction of sp³-hybridized carbons (Fsp3) is 0.594. The van der Waals surface area contributed by atoms with E-state index >= 15 is 4.39 Å². The van der Waals surface area contributed by atoms with Crippen molar-refractivity contribution in [3.05, 3.63) is 57.5 Å². The average Bonchev–Trinajstić information content (AvgIpc) is 3.40. The summed E-state index contributed by atoms with van der Waals surface area (Å²) in [5.74, 6) is -1.75. The van der Waals surface area contributed by atoms with Crippen LogP contribution in [0.4, 0.5) is 10.2 Å². The van der Waals surface area contributed by atoms with Gasteiger partial charge in [0.15, 0.2) is 0 Å². The summed E-state index contributed by atoms with van der Waals surface area (Å²) in [6.45, 7) is 4.85. The quantitative estimate of drug-likeness (QED) is 0.365. The second-order valence-electron chi connectivity index (χ2n) is 13.4. The molecular formula is C32H37Cl2FN2O4. The van der Waals surface area contributed by atoms with Crippen LogP contribution in [0.3, 0.4) is 0 Å². The fourth-order valence-electron chi connectivity index (χ4n) is 8.46. The number of pyridine rings is 1. The van der Waals surface area contributed by atoms with E-state index in [1.54, 1.807) is 18.2 Å². The molecule has 2 spiro atoms. The Morgan fingerprint density at radius 2 is 1.90 bits per heavy atom. The van der Waals surface area contributed by atoms with Gasteiger partial charge in [0.05, 0.1) is 29.8 Å². The van der Waals surface area contributed by atoms with Crippen LogP contribution >= 0.6 is 23.2 Å². The molecule has 3 fully saturated rings. The molecule has 1 aromatic carbocycles. The minimum absolute atomic E-state index is 0.0121. The molecule has 1 saturated heterocycles. The number of nitrogens with one attached hydrogen (secondary N) is 1. The van der Waals surface area contributed by atoms with Crippen LogP contribution in [-0.4, -0.2) is 41.1 Å². The topological polar surface area (TPSA) is 88.5 Å². The number of halogens is 3. The Bertz CT molecular complexity index is 1370. The summed E-state index contributed by atoms with van der Waals surface area (Å²) in [6, 6.07) is 8.40. The molecule has 0 bridgehead atoms. The molecule has 6 rings (SSSR count). The molecule has 5 atom stereocenters. The van der Waals surface area contributed by atoms with E-state index in [1.807, 2.05) is 6.07 Å². The van der Waals surface area contributed by atoms with Gasteiger partial charge in [0.2, 0.25) is 5.91 Å². The highest BCUT2D eigenvalue weighted by atomic mass is 35.5. The number of carbonyl (C=O) groups is 2. The lowest BCUT2D eigenvalue weighted by Crippen LogP contribution is -2.52. The van der Waals surface area contributed by atoms with E-state index in [0.29, 0.717) is 36.4 Å². The third kappa shape index (κ3) is 4.62. The number of ether oxygens (including phenoxy) is 1. The number of hydrogen-bond donors (Lipinski definition) is 2. The smallest absolute Gasteiger partial charge is 0.237 e. The van der Waals surface area contributed by atoms with E-state index in [0.717, 1.165) is 32.1 Å². The van der Waals surface area contributed by atoms with E-state index in [2.05, 4.69) is 24.1 Å². The zero-order valence-corrected chi connectivity index (χ0v) is 25.0. The lowest BCUT2D eigenvalue weighted by atomic mass is 9.51. The van der Waals surface area contributed by atoms with Crippen LogP contribution in [0.25, 0.3) is 0 Å². The Balaban J connectivity index is 1.51. The maximum atomic E-state index is 16.1. The van der Waals surface area contributed by atoms with E-state index in [4.69, 9.17) is 27.9 Å². The SMILES string of the molecule is CC1(C)CCC2(CC1)C[C@@H](C(=O)C[C@@H]1CC[C@@H](CO)OC1)[C@H](c1cccc(Cl)c1F)[C@]21C(=O)Nc2nc(Cl)ccc21. The van der Waals surface area contributed by atoms with Crippen molar-refractivity contribution >= 4 is 40.7 Å². The normalized spacial score (nSPS) is 31.8. The van der Waals surface area contributed by atoms with Crippen molar-refractivity contribution in [2.75, 3.05) is 18.5 Å². The molecule has 3 heterocycles. The van der Waals surface area contributed by atoms with Gasteiger partial charge >= 0.3 is 0 Å². The zero-order valence-electron chi connectivity index (χ0n) is 23.5. The Morgan fingerprint density at radius 1 is 1.15 bits per heavy atom. The number of ketones is 1. The molecule has 1 amide bonds. The number of fused-ring (bicyclic) bond motifs is 3.